The first-order valence-corrected chi connectivity index (χ1v) is 27.3. The van der Waals surface area contributed by atoms with Gasteiger partial charge in [0.15, 0.2) is 22.4 Å². The molecule has 1 aliphatic heterocycles. The van der Waals surface area contributed by atoms with Crippen LogP contribution in [0.3, 0.4) is 0 Å². The summed E-state index contributed by atoms with van der Waals surface area (Å²) in [5, 5.41) is 0.331. The van der Waals surface area contributed by atoms with Gasteiger partial charge >= 0.3 is 0 Å². The van der Waals surface area contributed by atoms with E-state index in [-0.39, 0.29) is 33.5 Å². The zero-order chi connectivity index (χ0) is 38.4. The summed E-state index contributed by atoms with van der Waals surface area (Å²) in [6.45, 7) is 37.3. The Morgan fingerprint density at radius 1 is 0.904 bits per heavy atom. The molecule has 0 bridgehead atoms. The first-order chi connectivity index (χ1) is 24.1. The molecule has 5 rings (SSSR count). The summed E-state index contributed by atoms with van der Waals surface area (Å²) in [6, 6.07) is 0. The van der Waals surface area contributed by atoms with Crippen molar-refractivity contribution < 1.29 is 18.3 Å². The molecule has 1 heterocycles. The minimum atomic E-state index is -1.99. The molecule has 0 aromatic heterocycles. The summed E-state index contributed by atoms with van der Waals surface area (Å²) in [6.07, 6.45) is 25.7. The van der Waals surface area contributed by atoms with Crippen LogP contribution in [0.15, 0.2) is 47.6 Å². The fourth-order valence-electron chi connectivity index (χ4n) is 10.2. The lowest BCUT2D eigenvalue weighted by molar-refractivity contribution is -0.212. The SMILES string of the molecule is C=C1/C(=C\C=C2/CCC[C@]3(C)[C@@H]([C@H](C)/C=C/CCC4(C5(CCC)OCCO5)CC4)CC[C@@H]23)C[C@@H](O[Si](C)(C)C(C)(C)C)C[C@@H]1O[Si](C)(C)C(C)(C)C. The van der Waals surface area contributed by atoms with Crippen molar-refractivity contribution in [2.45, 2.75) is 200 Å². The Hall–Kier alpha value is -0.766. The summed E-state index contributed by atoms with van der Waals surface area (Å²) >= 11 is 0. The quantitative estimate of drug-likeness (QED) is 0.139. The van der Waals surface area contributed by atoms with Crippen molar-refractivity contribution in [1.29, 1.82) is 0 Å². The molecule has 0 amide bonds. The predicted octanol–water partition coefficient (Wildman–Crippen LogP) is 13.5. The Morgan fingerprint density at radius 2 is 1.54 bits per heavy atom. The third kappa shape index (κ3) is 8.63. The van der Waals surface area contributed by atoms with E-state index < -0.39 is 16.6 Å². The highest BCUT2D eigenvalue weighted by atomic mass is 28.4. The Labute approximate surface area is 323 Å². The Kier molecular flexibility index (Phi) is 12.7. The fraction of sp³-hybridized carbons (Fsp3) is 0.826. The molecular formula is C46H80O4Si2. The Morgan fingerprint density at radius 3 is 2.13 bits per heavy atom. The monoisotopic (exact) mass is 753 g/mol. The summed E-state index contributed by atoms with van der Waals surface area (Å²) in [5.41, 5.74) is 4.83. The molecule has 0 radical (unpaired) electrons. The lowest BCUT2D eigenvalue weighted by atomic mass is 9.61. The topological polar surface area (TPSA) is 36.9 Å². The molecule has 0 aromatic carbocycles. The Balaban J connectivity index is 1.29. The maximum absolute atomic E-state index is 7.13. The van der Waals surface area contributed by atoms with Crippen LogP contribution >= 0.6 is 0 Å². The van der Waals surface area contributed by atoms with Crippen molar-refractivity contribution in [1.82, 2.24) is 0 Å². The van der Waals surface area contributed by atoms with Gasteiger partial charge in [0.05, 0.1) is 25.4 Å². The molecule has 5 aliphatic rings. The molecular weight excluding hydrogens is 673 g/mol. The third-order valence-electron chi connectivity index (χ3n) is 15.6. The molecule has 4 aliphatic carbocycles. The summed E-state index contributed by atoms with van der Waals surface area (Å²) in [4.78, 5) is 0. The van der Waals surface area contributed by atoms with Crippen molar-refractivity contribution in [3.8, 4) is 0 Å². The summed E-state index contributed by atoms with van der Waals surface area (Å²) in [5.74, 6) is 1.71. The highest BCUT2D eigenvalue weighted by molar-refractivity contribution is 6.74. The minimum absolute atomic E-state index is 0.0272. The van der Waals surface area contributed by atoms with Crippen LogP contribution in [0.2, 0.25) is 36.3 Å². The molecule has 4 saturated carbocycles. The van der Waals surface area contributed by atoms with Gasteiger partial charge in [-0.15, -0.1) is 0 Å². The lowest BCUT2D eigenvalue weighted by Crippen LogP contribution is -2.49. The van der Waals surface area contributed by atoms with E-state index in [0.29, 0.717) is 17.3 Å². The first-order valence-electron chi connectivity index (χ1n) is 21.5. The van der Waals surface area contributed by atoms with E-state index >= 15 is 0 Å². The number of hydrogen-bond acceptors (Lipinski definition) is 4. The lowest BCUT2D eigenvalue weighted by Gasteiger charge is -2.45. The molecule has 0 aromatic rings. The normalized spacial score (nSPS) is 33.3. The van der Waals surface area contributed by atoms with E-state index in [1.54, 1.807) is 5.57 Å². The maximum Gasteiger partial charge on any atom is 0.192 e. The molecule has 6 atom stereocenters. The number of ether oxygens (including phenoxy) is 2. The van der Waals surface area contributed by atoms with Crippen LogP contribution in [-0.2, 0) is 18.3 Å². The molecule has 0 N–H and O–H groups in total. The minimum Gasteiger partial charge on any atom is -0.413 e. The highest BCUT2D eigenvalue weighted by Gasteiger charge is 2.61. The van der Waals surface area contributed by atoms with Crippen LogP contribution < -0.4 is 0 Å². The Bertz CT molecular complexity index is 1350. The van der Waals surface area contributed by atoms with E-state index in [9.17, 15) is 0 Å². The molecule has 0 unspecified atom stereocenters. The van der Waals surface area contributed by atoms with Gasteiger partial charge in [-0.25, -0.2) is 0 Å². The van der Waals surface area contributed by atoms with Gasteiger partial charge in [-0.05, 0) is 135 Å². The predicted molar refractivity (Wildman–Crippen MR) is 226 cm³/mol. The third-order valence-corrected chi connectivity index (χ3v) is 24.7. The zero-order valence-corrected chi connectivity index (χ0v) is 38.1. The van der Waals surface area contributed by atoms with Crippen LogP contribution in [0.25, 0.3) is 0 Å². The number of hydrogen-bond donors (Lipinski definition) is 0. The average molecular weight is 753 g/mol. The van der Waals surface area contributed by atoms with Crippen molar-refractivity contribution >= 4 is 16.6 Å². The number of rotatable bonds is 13. The van der Waals surface area contributed by atoms with Crippen LogP contribution in [-0.4, -0.2) is 47.8 Å². The van der Waals surface area contributed by atoms with E-state index in [1.165, 1.54) is 62.5 Å². The largest absolute Gasteiger partial charge is 0.413 e. The molecule has 52 heavy (non-hydrogen) atoms. The van der Waals surface area contributed by atoms with Crippen molar-refractivity contribution in [2.75, 3.05) is 13.2 Å². The molecule has 0 spiro atoms. The van der Waals surface area contributed by atoms with E-state index in [2.05, 4.69) is 113 Å². The molecule has 4 nitrogen and oxygen atoms in total. The molecule has 6 heteroatoms. The van der Waals surface area contributed by atoms with Gasteiger partial charge in [-0.1, -0.05) is 105 Å². The zero-order valence-electron chi connectivity index (χ0n) is 36.1. The molecule has 5 fully saturated rings. The van der Waals surface area contributed by atoms with Crippen LogP contribution in [0.4, 0.5) is 0 Å². The maximum atomic E-state index is 7.13. The second-order valence-electron chi connectivity index (χ2n) is 21.2. The van der Waals surface area contributed by atoms with E-state index in [1.807, 2.05) is 0 Å². The average Bonchev–Trinajstić information content (AvgIpc) is 3.52. The summed E-state index contributed by atoms with van der Waals surface area (Å²) < 4.78 is 26.9. The van der Waals surface area contributed by atoms with Gasteiger partial charge in [0.25, 0.3) is 0 Å². The van der Waals surface area contributed by atoms with E-state index in [4.69, 9.17) is 24.9 Å². The summed E-state index contributed by atoms with van der Waals surface area (Å²) in [7, 11) is -3.92. The number of allylic oxidation sites excluding steroid dienone is 5. The highest BCUT2D eigenvalue weighted by Crippen LogP contribution is 2.62. The van der Waals surface area contributed by atoms with Gasteiger partial charge < -0.3 is 18.3 Å². The molecule has 1 saturated heterocycles. The van der Waals surface area contributed by atoms with Crippen LogP contribution in [0.1, 0.15) is 146 Å². The smallest absolute Gasteiger partial charge is 0.192 e. The fourth-order valence-corrected chi connectivity index (χ4v) is 12.9. The number of fused-ring (bicyclic) bond motifs is 1. The van der Waals surface area contributed by atoms with Crippen molar-refractivity contribution in [2.24, 2.45) is 28.6 Å². The van der Waals surface area contributed by atoms with Crippen LogP contribution in [0.5, 0.6) is 0 Å². The van der Waals surface area contributed by atoms with Gasteiger partial charge in [0.2, 0.25) is 0 Å². The van der Waals surface area contributed by atoms with Crippen LogP contribution in [0, 0.1) is 28.6 Å². The second-order valence-corrected chi connectivity index (χ2v) is 30.7. The van der Waals surface area contributed by atoms with Gasteiger partial charge in [-0.2, -0.15) is 0 Å². The molecule has 296 valence electrons. The first kappa shape index (κ1) is 42.4. The van der Waals surface area contributed by atoms with Crippen molar-refractivity contribution in [3.63, 3.8) is 0 Å². The van der Waals surface area contributed by atoms with E-state index in [0.717, 1.165) is 51.2 Å². The van der Waals surface area contributed by atoms with Gasteiger partial charge in [0, 0.05) is 18.3 Å². The second kappa shape index (κ2) is 15.6. The van der Waals surface area contributed by atoms with Crippen molar-refractivity contribution in [3.05, 3.63) is 47.6 Å². The standard InChI is InChI=1S/C46H80O4Si2/c1-15-25-46(47-30-31-48-46)45(28-29-45)27-17-16-19-34(2)39-23-24-40-36(20-18-26-44(39,40)10)21-22-37-32-38(49-51(11,12)42(4,5)6)33-41(35(37)3)50-52(13,14)43(7,8)9/h16,19,21-22,34,38-41H,3,15,17-18,20,23-33H2,1-2,4-14H3/b19-16+,36-21+,37-22-/t34-,38-,39-,40+,41+,44-/m1/s1. The van der Waals surface area contributed by atoms with Gasteiger partial charge in [0.1, 0.15) is 0 Å². The van der Waals surface area contributed by atoms with Gasteiger partial charge in [-0.3, -0.25) is 0 Å².